The number of morpholine rings is 1. The SMILES string of the molecule is Cc1cc(N(C)C)cc([C@@H]2CN(C(=O)c3ccnn3C(C)C)CCO2)n1. The second kappa shape index (κ2) is 7.45. The normalized spacial score (nSPS) is 17.6. The molecule has 26 heavy (non-hydrogen) atoms. The smallest absolute Gasteiger partial charge is 0.272 e. The lowest BCUT2D eigenvalue weighted by atomic mass is 10.1. The molecule has 0 N–H and O–H groups in total. The van der Waals surface area contributed by atoms with Gasteiger partial charge in [0.25, 0.3) is 5.91 Å². The number of aryl methyl sites for hydroxylation is 1. The lowest BCUT2D eigenvalue weighted by molar-refractivity contribution is -0.0251. The Morgan fingerprint density at radius 3 is 2.81 bits per heavy atom. The van der Waals surface area contributed by atoms with Crippen LogP contribution in [-0.2, 0) is 4.74 Å². The monoisotopic (exact) mass is 357 g/mol. The third kappa shape index (κ3) is 3.72. The fraction of sp³-hybridized carbons (Fsp3) is 0.526. The Bertz CT molecular complexity index is 784. The molecule has 2 aromatic heterocycles. The zero-order chi connectivity index (χ0) is 18.8. The van der Waals surface area contributed by atoms with E-state index in [1.165, 1.54) is 0 Å². The third-order valence-electron chi connectivity index (χ3n) is 4.54. The fourth-order valence-electron chi connectivity index (χ4n) is 3.17. The molecule has 1 aliphatic heterocycles. The predicted octanol–water partition coefficient (Wildman–Crippen LogP) is 2.45. The molecule has 1 atom stereocenters. The molecule has 2 aromatic rings. The number of ether oxygens (including phenoxy) is 1. The number of hydrogen-bond acceptors (Lipinski definition) is 5. The summed E-state index contributed by atoms with van der Waals surface area (Å²) < 4.78 is 7.70. The van der Waals surface area contributed by atoms with E-state index in [9.17, 15) is 4.79 Å². The van der Waals surface area contributed by atoms with Crippen molar-refractivity contribution in [2.45, 2.75) is 32.9 Å². The van der Waals surface area contributed by atoms with Gasteiger partial charge in [0.05, 0.1) is 18.8 Å². The van der Waals surface area contributed by atoms with Crippen LogP contribution in [0.25, 0.3) is 0 Å². The lowest BCUT2D eigenvalue weighted by Crippen LogP contribution is -2.43. The summed E-state index contributed by atoms with van der Waals surface area (Å²) in [5, 5.41) is 4.27. The van der Waals surface area contributed by atoms with Crippen LogP contribution in [0.4, 0.5) is 5.69 Å². The van der Waals surface area contributed by atoms with Crippen molar-refractivity contribution in [2.24, 2.45) is 0 Å². The van der Waals surface area contributed by atoms with Crippen LogP contribution in [0.5, 0.6) is 0 Å². The summed E-state index contributed by atoms with van der Waals surface area (Å²) in [6.07, 6.45) is 1.46. The van der Waals surface area contributed by atoms with E-state index in [-0.39, 0.29) is 18.1 Å². The zero-order valence-electron chi connectivity index (χ0n) is 16.1. The number of rotatable bonds is 4. The molecule has 0 aromatic carbocycles. The van der Waals surface area contributed by atoms with Crippen LogP contribution in [-0.4, -0.2) is 59.4 Å². The number of carbonyl (C=O) groups excluding carboxylic acids is 1. The second-order valence-corrected chi connectivity index (χ2v) is 7.15. The number of carbonyl (C=O) groups is 1. The van der Waals surface area contributed by atoms with Gasteiger partial charge in [-0.05, 0) is 39.0 Å². The first kappa shape index (κ1) is 18.4. The van der Waals surface area contributed by atoms with Gasteiger partial charge in [0.2, 0.25) is 0 Å². The van der Waals surface area contributed by atoms with Gasteiger partial charge in [0.1, 0.15) is 11.8 Å². The van der Waals surface area contributed by atoms with Crippen molar-refractivity contribution in [1.29, 1.82) is 0 Å². The Labute approximate surface area is 154 Å². The quantitative estimate of drug-likeness (QED) is 0.841. The molecule has 140 valence electrons. The van der Waals surface area contributed by atoms with Crippen LogP contribution >= 0.6 is 0 Å². The first-order valence-electron chi connectivity index (χ1n) is 8.97. The second-order valence-electron chi connectivity index (χ2n) is 7.15. The maximum absolute atomic E-state index is 13.0. The molecule has 0 unspecified atom stereocenters. The highest BCUT2D eigenvalue weighted by molar-refractivity contribution is 5.92. The molecule has 1 amide bonds. The van der Waals surface area contributed by atoms with E-state index in [1.807, 2.05) is 56.8 Å². The lowest BCUT2D eigenvalue weighted by Gasteiger charge is -2.33. The van der Waals surface area contributed by atoms with E-state index < -0.39 is 0 Å². The summed E-state index contributed by atoms with van der Waals surface area (Å²) in [5.74, 6) is -0.00927. The van der Waals surface area contributed by atoms with E-state index in [2.05, 4.69) is 10.1 Å². The van der Waals surface area contributed by atoms with Crippen LogP contribution < -0.4 is 4.90 Å². The maximum Gasteiger partial charge on any atom is 0.272 e. The number of hydrogen-bond donors (Lipinski definition) is 0. The Morgan fingerprint density at radius 2 is 2.12 bits per heavy atom. The predicted molar refractivity (Wildman–Crippen MR) is 101 cm³/mol. The molecular formula is C19H27N5O2. The van der Waals surface area contributed by atoms with Crippen LogP contribution in [0.15, 0.2) is 24.4 Å². The van der Waals surface area contributed by atoms with E-state index in [0.29, 0.717) is 25.4 Å². The molecule has 1 aliphatic rings. The van der Waals surface area contributed by atoms with E-state index >= 15 is 0 Å². The van der Waals surface area contributed by atoms with Crippen molar-refractivity contribution < 1.29 is 9.53 Å². The van der Waals surface area contributed by atoms with Crippen molar-refractivity contribution in [1.82, 2.24) is 19.7 Å². The summed E-state index contributed by atoms with van der Waals surface area (Å²) in [4.78, 5) is 21.5. The Hall–Kier alpha value is -2.41. The number of amides is 1. The Morgan fingerprint density at radius 1 is 1.35 bits per heavy atom. The zero-order valence-corrected chi connectivity index (χ0v) is 16.1. The van der Waals surface area contributed by atoms with Gasteiger partial charge < -0.3 is 14.5 Å². The standard InChI is InChI=1S/C19H27N5O2/c1-13(2)24-17(6-7-20-24)19(25)23-8-9-26-18(12-23)16-11-15(22(4)5)10-14(3)21-16/h6-7,10-11,13,18H,8-9,12H2,1-5H3/t18-/m0/s1. The van der Waals surface area contributed by atoms with Gasteiger partial charge in [0, 0.05) is 44.3 Å². The molecule has 0 spiro atoms. The molecular weight excluding hydrogens is 330 g/mol. The van der Waals surface area contributed by atoms with Gasteiger partial charge in [-0.2, -0.15) is 5.10 Å². The van der Waals surface area contributed by atoms with E-state index in [4.69, 9.17) is 4.74 Å². The van der Waals surface area contributed by atoms with Crippen molar-refractivity contribution in [3.63, 3.8) is 0 Å². The van der Waals surface area contributed by atoms with E-state index in [0.717, 1.165) is 17.1 Å². The molecule has 3 heterocycles. The summed E-state index contributed by atoms with van der Waals surface area (Å²) in [7, 11) is 4.01. The minimum atomic E-state index is -0.221. The molecule has 3 rings (SSSR count). The van der Waals surface area contributed by atoms with Crippen molar-refractivity contribution in [2.75, 3.05) is 38.7 Å². The molecule has 1 saturated heterocycles. The Kier molecular flexibility index (Phi) is 5.27. The van der Waals surface area contributed by atoms with Crippen molar-refractivity contribution >= 4 is 11.6 Å². The van der Waals surface area contributed by atoms with Gasteiger partial charge in [-0.25, -0.2) is 0 Å². The van der Waals surface area contributed by atoms with E-state index in [1.54, 1.807) is 16.9 Å². The average Bonchev–Trinajstić information content (AvgIpc) is 3.10. The molecule has 7 heteroatoms. The molecule has 0 aliphatic carbocycles. The topological polar surface area (TPSA) is 63.5 Å². The van der Waals surface area contributed by atoms with Gasteiger partial charge in [0.15, 0.2) is 0 Å². The Balaban J connectivity index is 1.81. The van der Waals surface area contributed by atoms with Crippen molar-refractivity contribution in [3.8, 4) is 0 Å². The number of pyridine rings is 1. The first-order valence-corrected chi connectivity index (χ1v) is 8.97. The highest BCUT2D eigenvalue weighted by Crippen LogP contribution is 2.26. The number of anilines is 1. The molecule has 0 saturated carbocycles. The molecule has 1 fully saturated rings. The molecule has 7 nitrogen and oxygen atoms in total. The number of nitrogens with zero attached hydrogens (tertiary/aromatic N) is 5. The van der Waals surface area contributed by atoms with Gasteiger partial charge in [-0.1, -0.05) is 0 Å². The van der Waals surface area contributed by atoms with Gasteiger partial charge in [-0.15, -0.1) is 0 Å². The summed E-state index contributed by atoms with van der Waals surface area (Å²) >= 11 is 0. The molecule has 0 bridgehead atoms. The summed E-state index contributed by atoms with van der Waals surface area (Å²) in [5.41, 5.74) is 3.50. The minimum absolute atomic E-state index is 0.00927. The third-order valence-corrected chi connectivity index (χ3v) is 4.54. The first-order chi connectivity index (χ1) is 12.4. The van der Waals surface area contributed by atoms with Crippen LogP contribution in [0.1, 0.15) is 47.9 Å². The van der Waals surface area contributed by atoms with Crippen LogP contribution in [0.3, 0.4) is 0 Å². The van der Waals surface area contributed by atoms with Crippen LogP contribution in [0, 0.1) is 6.92 Å². The summed E-state index contributed by atoms with van der Waals surface area (Å²) in [6, 6.07) is 5.99. The molecule has 0 radical (unpaired) electrons. The minimum Gasteiger partial charge on any atom is -0.378 e. The largest absolute Gasteiger partial charge is 0.378 e. The fourth-order valence-corrected chi connectivity index (χ4v) is 3.17. The van der Waals surface area contributed by atoms with Gasteiger partial charge >= 0.3 is 0 Å². The highest BCUT2D eigenvalue weighted by Gasteiger charge is 2.29. The van der Waals surface area contributed by atoms with Crippen LogP contribution in [0.2, 0.25) is 0 Å². The van der Waals surface area contributed by atoms with Crippen molar-refractivity contribution in [3.05, 3.63) is 41.5 Å². The highest BCUT2D eigenvalue weighted by atomic mass is 16.5. The van der Waals surface area contributed by atoms with Gasteiger partial charge in [-0.3, -0.25) is 14.5 Å². The maximum atomic E-state index is 13.0. The number of aromatic nitrogens is 3. The summed E-state index contributed by atoms with van der Waals surface area (Å²) in [6.45, 7) is 7.58. The average molecular weight is 357 g/mol.